The van der Waals surface area contributed by atoms with Crippen LogP contribution in [-0.4, -0.2) is 47.0 Å². The zero-order valence-corrected chi connectivity index (χ0v) is 14.2. The van der Waals surface area contributed by atoms with Crippen LogP contribution >= 0.6 is 0 Å². The standard InChI is InChI=1S/C18H24FN3O3/c19-13-3-1-2-12(10-13)17(24)21-14-5-8-22(9-6-14)18(25)16-11-15(23)4-7-20-16/h4,7,11-14H,1-3,5-6,8-10H2,(H,20,23)(H,21,24). The van der Waals surface area contributed by atoms with Crippen molar-refractivity contribution in [3.8, 4) is 0 Å². The number of aromatic nitrogens is 1. The molecule has 1 aliphatic carbocycles. The Bertz CT molecular complexity index is 682. The maximum atomic E-state index is 13.5. The maximum Gasteiger partial charge on any atom is 0.270 e. The number of pyridine rings is 1. The number of aromatic amines is 1. The Balaban J connectivity index is 1.49. The third-order valence-corrected chi connectivity index (χ3v) is 5.11. The summed E-state index contributed by atoms with van der Waals surface area (Å²) < 4.78 is 13.5. The van der Waals surface area contributed by atoms with Crippen molar-refractivity contribution in [3.05, 3.63) is 34.2 Å². The van der Waals surface area contributed by atoms with E-state index in [1.54, 1.807) is 4.90 Å². The highest BCUT2D eigenvalue weighted by Crippen LogP contribution is 2.27. The van der Waals surface area contributed by atoms with Crippen molar-refractivity contribution in [1.29, 1.82) is 0 Å². The smallest absolute Gasteiger partial charge is 0.270 e. The van der Waals surface area contributed by atoms with E-state index in [1.165, 1.54) is 18.3 Å². The number of amides is 2. The third-order valence-electron chi connectivity index (χ3n) is 5.11. The zero-order chi connectivity index (χ0) is 17.8. The molecule has 3 rings (SSSR count). The van der Waals surface area contributed by atoms with Gasteiger partial charge in [0, 0.05) is 43.4 Å². The van der Waals surface area contributed by atoms with Gasteiger partial charge in [-0.3, -0.25) is 14.4 Å². The Kier molecular flexibility index (Phi) is 5.50. The highest BCUT2D eigenvalue weighted by atomic mass is 19.1. The molecule has 1 aromatic rings. The van der Waals surface area contributed by atoms with Crippen LogP contribution in [0.1, 0.15) is 49.0 Å². The average molecular weight is 349 g/mol. The summed E-state index contributed by atoms with van der Waals surface area (Å²) in [5.74, 6) is -0.479. The topological polar surface area (TPSA) is 82.3 Å². The van der Waals surface area contributed by atoms with E-state index in [4.69, 9.17) is 0 Å². The molecule has 0 aromatic carbocycles. The maximum absolute atomic E-state index is 13.5. The van der Waals surface area contributed by atoms with Gasteiger partial charge in [-0.25, -0.2) is 4.39 Å². The predicted molar refractivity (Wildman–Crippen MR) is 91.0 cm³/mol. The number of piperidine rings is 1. The summed E-state index contributed by atoms with van der Waals surface area (Å²) in [4.78, 5) is 40.5. The number of alkyl halides is 1. The summed E-state index contributed by atoms with van der Waals surface area (Å²) in [6, 6.07) is 2.68. The monoisotopic (exact) mass is 349 g/mol. The molecule has 0 radical (unpaired) electrons. The minimum Gasteiger partial charge on any atom is -0.357 e. The summed E-state index contributed by atoms with van der Waals surface area (Å²) in [7, 11) is 0. The quantitative estimate of drug-likeness (QED) is 0.870. The molecular weight excluding hydrogens is 325 g/mol. The highest BCUT2D eigenvalue weighted by Gasteiger charge is 2.30. The lowest BCUT2D eigenvalue weighted by atomic mass is 9.87. The first-order valence-electron chi connectivity index (χ1n) is 8.95. The number of halogens is 1. The van der Waals surface area contributed by atoms with Crippen LogP contribution in [0, 0.1) is 5.92 Å². The van der Waals surface area contributed by atoms with Gasteiger partial charge in [-0.15, -0.1) is 0 Å². The molecule has 136 valence electrons. The number of H-pyrrole nitrogens is 1. The van der Waals surface area contributed by atoms with E-state index in [0.717, 1.165) is 12.8 Å². The van der Waals surface area contributed by atoms with E-state index in [1.807, 2.05) is 0 Å². The largest absolute Gasteiger partial charge is 0.357 e. The average Bonchev–Trinajstić information content (AvgIpc) is 2.62. The van der Waals surface area contributed by atoms with Crippen molar-refractivity contribution < 1.29 is 14.0 Å². The first kappa shape index (κ1) is 17.6. The molecule has 1 saturated carbocycles. The summed E-state index contributed by atoms with van der Waals surface area (Å²) in [6.07, 6.45) is 4.34. The number of likely N-dealkylation sites (tertiary alicyclic amines) is 1. The van der Waals surface area contributed by atoms with Crippen molar-refractivity contribution in [1.82, 2.24) is 15.2 Å². The van der Waals surface area contributed by atoms with Crippen LogP contribution in [-0.2, 0) is 4.79 Å². The molecule has 1 aliphatic heterocycles. The molecular formula is C18H24FN3O3. The summed E-state index contributed by atoms with van der Waals surface area (Å²) in [5.41, 5.74) is 0.0778. The van der Waals surface area contributed by atoms with Gasteiger partial charge in [0.25, 0.3) is 5.91 Å². The Labute approximate surface area is 145 Å². The fraction of sp³-hybridized carbons (Fsp3) is 0.611. The van der Waals surface area contributed by atoms with Crippen LogP contribution in [0.2, 0.25) is 0 Å². The number of carbonyl (C=O) groups excluding carboxylic acids is 2. The number of hydrogen-bond acceptors (Lipinski definition) is 3. The number of nitrogens with zero attached hydrogens (tertiary/aromatic N) is 1. The third kappa shape index (κ3) is 4.46. The van der Waals surface area contributed by atoms with Gasteiger partial charge < -0.3 is 15.2 Å². The van der Waals surface area contributed by atoms with Crippen LogP contribution in [0.25, 0.3) is 0 Å². The molecule has 2 amide bonds. The van der Waals surface area contributed by atoms with Gasteiger partial charge in [0.2, 0.25) is 5.91 Å². The second-order valence-corrected chi connectivity index (χ2v) is 6.97. The molecule has 1 saturated heterocycles. The Morgan fingerprint density at radius 1 is 1.20 bits per heavy atom. The van der Waals surface area contributed by atoms with Crippen LogP contribution in [0.15, 0.2) is 23.1 Å². The van der Waals surface area contributed by atoms with Gasteiger partial charge in [-0.2, -0.15) is 0 Å². The number of nitrogens with one attached hydrogen (secondary N) is 2. The molecule has 6 nitrogen and oxygen atoms in total. The molecule has 7 heteroatoms. The molecule has 2 fully saturated rings. The summed E-state index contributed by atoms with van der Waals surface area (Å²) in [5, 5.41) is 3.02. The highest BCUT2D eigenvalue weighted by molar-refractivity contribution is 5.92. The zero-order valence-electron chi connectivity index (χ0n) is 14.2. The van der Waals surface area contributed by atoms with Gasteiger partial charge in [0.05, 0.1) is 0 Å². The summed E-state index contributed by atoms with van der Waals surface area (Å²) >= 11 is 0. The Morgan fingerprint density at radius 2 is 1.96 bits per heavy atom. The van der Waals surface area contributed by atoms with Crippen molar-refractivity contribution in [2.75, 3.05) is 13.1 Å². The van der Waals surface area contributed by atoms with Gasteiger partial charge in [0.1, 0.15) is 11.9 Å². The normalized spacial score (nSPS) is 24.8. The van der Waals surface area contributed by atoms with E-state index in [0.29, 0.717) is 38.8 Å². The van der Waals surface area contributed by atoms with E-state index < -0.39 is 6.17 Å². The minimum absolute atomic E-state index is 0.0198. The predicted octanol–water partition coefficient (Wildman–Crippen LogP) is 1.62. The first-order chi connectivity index (χ1) is 12.0. The fourth-order valence-electron chi connectivity index (χ4n) is 3.65. The van der Waals surface area contributed by atoms with E-state index in [9.17, 15) is 18.8 Å². The van der Waals surface area contributed by atoms with Crippen molar-refractivity contribution in [2.24, 2.45) is 5.92 Å². The summed E-state index contributed by atoms with van der Waals surface area (Å²) in [6.45, 7) is 1.05. The van der Waals surface area contributed by atoms with Gasteiger partial charge >= 0.3 is 0 Å². The fourth-order valence-corrected chi connectivity index (χ4v) is 3.65. The molecule has 2 atom stereocenters. The molecule has 1 aromatic heterocycles. The van der Waals surface area contributed by atoms with Gasteiger partial charge in [0.15, 0.2) is 5.43 Å². The Hall–Kier alpha value is -2.18. The second kappa shape index (κ2) is 7.80. The van der Waals surface area contributed by atoms with E-state index in [2.05, 4.69) is 10.3 Å². The molecule has 0 bridgehead atoms. The Morgan fingerprint density at radius 3 is 2.64 bits per heavy atom. The SMILES string of the molecule is O=C(NC1CCN(C(=O)c2cc(=O)cc[nH]2)CC1)C1CCCC(F)C1. The van der Waals surface area contributed by atoms with Crippen LogP contribution < -0.4 is 10.7 Å². The molecule has 2 aliphatic rings. The van der Waals surface area contributed by atoms with Crippen LogP contribution in [0.5, 0.6) is 0 Å². The lowest BCUT2D eigenvalue weighted by Gasteiger charge is -2.33. The molecule has 2 N–H and O–H groups in total. The molecule has 0 spiro atoms. The minimum atomic E-state index is -0.864. The van der Waals surface area contributed by atoms with Crippen molar-refractivity contribution in [3.63, 3.8) is 0 Å². The lowest BCUT2D eigenvalue weighted by molar-refractivity contribution is -0.127. The van der Waals surface area contributed by atoms with Crippen molar-refractivity contribution >= 4 is 11.8 Å². The van der Waals surface area contributed by atoms with Gasteiger partial charge in [-0.1, -0.05) is 0 Å². The molecule has 2 unspecified atom stereocenters. The van der Waals surface area contributed by atoms with Crippen LogP contribution in [0.4, 0.5) is 4.39 Å². The number of rotatable bonds is 3. The number of hydrogen-bond donors (Lipinski definition) is 2. The lowest BCUT2D eigenvalue weighted by Crippen LogP contribution is -2.48. The molecule has 2 heterocycles. The molecule has 25 heavy (non-hydrogen) atoms. The van der Waals surface area contributed by atoms with E-state index >= 15 is 0 Å². The van der Waals surface area contributed by atoms with E-state index in [-0.39, 0.29) is 34.9 Å². The van der Waals surface area contributed by atoms with Crippen LogP contribution in [0.3, 0.4) is 0 Å². The second-order valence-electron chi connectivity index (χ2n) is 6.97. The first-order valence-corrected chi connectivity index (χ1v) is 8.95. The van der Waals surface area contributed by atoms with Gasteiger partial charge in [-0.05, 0) is 38.5 Å². The number of carbonyl (C=O) groups is 2. The van der Waals surface area contributed by atoms with Crippen molar-refractivity contribution in [2.45, 2.75) is 50.7 Å².